The minimum absolute atomic E-state index is 0.228. The zero-order chi connectivity index (χ0) is 13.5. The number of fused-ring (bicyclic) bond motifs is 2. The van der Waals surface area contributed by atoms with E-state index in [4.69, 9.17) is 5.73 Å². The maximum atomic E-state index is 6.27. The van der Waals surface area contributed by atoms with Gasteiger partial charge in [-0.1, -0.05) is 12.1 Å². The van der Waals surface area contributed by atoms with E-state index in [9.17, 15) is 0 Å². The van der Waals surface area contributed by atoms with E-state index < -0.39 is 0 Å². The molecule has 2 N–H and O–H groups in total. The maximum absolute atomic E-state index is 6.27. The van der Waals surface area contributed by atoms with E-state index in [2.05, 4.69) is 43.0 Å². The highest BCUT2D eigenvalue weighted by molar-refractivity contribution is 5.52. The third-order valence-electron chi connectivity index (χ3n) is 5.46. The molecule has 2 aliphatic carbocycles. The van der Waals surface area contributed by atoms with Gasteiger partial charge in [-0.3, -0.25) is 0 Å². The molecule has 0 heterocycles. The Kier molecular flexibility index (Phi) is 3.30. The Morgan fingerprint density at radius 2 is 2.21 bits per heavy atom. The topological polar surface area (TPSA) is 29.3 Å². The number of nitrogens with two attached hydrogens (primary N) is 1. The standard InChI is InChI=1S/C17H26N2/c1-3-19(16-6-4-5-13(2)9-16)17(12-18)11-14-7-8-15(17)10-14/h4-6,9,14-15H,3,7-8,10-12,18H2,1-2H3. The molecule has 104 valence electrons. The lowest BCUT2D eigenvalue weighted by molar-refractivity contribution is 0.260. The van der Waals surface area contributed by atoms with E-state index in [1.165, 1.54) is 36.9 Å². The van der Waals surface area contributed by atoms with Gasteiger partial charge in [-0.05, 0) is 69.1 Å². The summed E-state index contributed by atoms with van der Waals surface area (Å²) in [6, 6.07) is 8.91. The van der Waals surface area contributed by atoms with Crippen LogP contribution in [0.2, 0.25) is 0 Å². The van der Waals surface area contributed by atoms with Gasteiger partial charge >= 0.3 is 0 Å². The van der Waals surface area contributed by atoms with Crippen LogP contribution in [-0.2, 0) is 0 Å². The average molecular weight is 258 g/mol. The molecule has 0 amide bonds. The zero-order valence-electron chi connectivity index (χ0n) is 12.2. The van der Waals surface area contributed by atoms with Crippen molar-refractivity contribution in [3.05, 3.63) is 29.8 Å². The second-order valence-corrected chi connectivity index (χ2v) is 6.47. The first-order valence-corrected chi connectivity index (χ1v) is 7.74. The molecule has 1 aromatic carbocycles. The molecule has 2 saturated carbocycles. The van der Waals surface area contributed by atoms with Crippen molar-refractivity contribution in [3.63, 3.8) is 0 Å². The van der Waals surface area contributed by atoms with Gasteiger partial charge in [0.15, 0.2) is 0 Å². The van der Waals surface area contributed by atoms with Crippen LogP contribution in [0.25, 0.3) is 0 Å². The number of aryl methyl sites for hydroxylation is 1. The number of benzene rings is 1. The molecule has 19 heavy (non-hydrogen) atoms. The number of rotatable bonds is 4. The third-order valence-corrected chi connectivity index (χ3v) is 5.46. The molecular weight excluding hydrogens is 232 g/mol. The summed E-state index contributed by atoms with van der Waals surface area (Å²) in [5.41, 5.74) is 9.19. The van der Waals surface area contributed by atoms with Crippen molar-refractivity contribution < 1.29 is 0 Å². The van der Waals surface area contributed by atoms with Gasteiger partial charge in [0.2, 0.25) is 0 Å². The van der Waals surface area contributed by atoms with Crippen LogP contribution in [0.3, 0.4) is 0 Å². The summed E-state index contributed by atoms with van der Waals surface area (Å²) in [4.78, 5) is 2.60. The Bertz CT molecular complexity index is 456. The Labute approximate surface area is 117 Å². The maximum Gasteiger partial charge on any atom is 0.0554 e. The Hall–Kier alpha value is -1.02. The smallest absolute Gasteiger partial charge is 0.0554 e. The molecule has 1 aromatic rings. The lowest BCUT2D eigenvalue weighted by Crippen LogP contribution is -2.57. The quantitative estimate of drug-likeness (QED) is 0.897. The van der Waals surface area contributed by atoms with Crippen molar-refractivity contribution in [1.82, 2.24) is 0 Å². The molecule has 0 radical (unpaired) electrons. The number of hydrogen-bond donors (Lipinski definition) is 1. The second kappa shape index (κ2) is 4.82. The van der Waals surface area contributed by atoms with Crippen molar-refractivity contribution in [2.24, 2.45) is 17.6 Å². The largest absolute Gasteiger partial charge is 0.365 e. The molecule has 3 rings (SSSR count). The minimum atomic E-state index is 0.228. The van der Waals surface area contributed by atoms with Crippen LogP contribution in [0.4, 0.5) is 5.69 Å². The minimum Gasteiger partial charge on any atom is -0.365 e. The molecule has 2 nitrogen and oxygen atoms in total. The number of likely N-dealkylation sites (N-methyl/N-ethyl adjacent to an activating group) is 1. The van der Waals surface area contributed by atoms with Gasteiger partial charge in [0.25, 0.3) is 0 Å². The molecule has 3 atom stereocenters. The molecule has 2 heteroatoms. The summed E-state index contributed by atoms with van der Waals surface area (Å²) in [7, 11) is 0. The third kappa shape index (κ3) is 1.97. The van der Waals surface area contributed by atoms with E-state index in [-0.39, 0.29) is 5.54 Å². The number of anilines is 1. The average Bonchev–Trinajstić information content (AvgIpc) is 3.00. The SMILES string of the molecule is CCN(c1cccc(C)c1)C1(CN)CC2CCC1C2. The summed E-state index contributed by atoms with van der Waals surface area (Å²) in [6.45, 7) is 6.30. The van der Waals surface area contributed by atoms with Crippen molar-refractivity contribution in [2.45, 2.75) is 45.1 Å². The predicted octanol–water partition coefficient (Wildman–Crippen LogP) is 3.34. The summed E-state index contributed by atoms with van der Waals surface area (Å²) in [5, 5.41) is 0. The normalized spacial score (nSPS) is 32.8. The second-order valence-electron chi connectivity index (χ2n) is 6.47. The molecule has 0 saturated heterocycles. The van der Waals surface area contributed by atoms with E-state index in [0.29, 0.717) is 0 Å². The van der Waals surface area contributed by atoms with E-state index in [1.54, 1.807) is 0 Å². The van der Waals surface area contributed by atoms with Gasteiger partial charge in [0.1, 0.15) is 0 Å². The van der Waals surface area contributed by atoms with Gasteiger partial charge in [-0.25, -0.2) is 0 Å². The highest BCUT2D eigenvalue weighted by Crippen LogP contribution is 2.53. The van der Waals surface area contributed by atoms with Gasteiger partial charge < -0.3 is 10.6 Å². The van der Waals surface area contributed by atoms with Crippen LogP contribution in [0.15, 0.2) is 24.3 Å². The monoisotopic (exact) mass is 258 g/mol. The fourth-order valence-electron chi connectivity index (χ4n) is 4.66. The van der Waals surface area contributed by atoms with Crippen LogP contribution in [0.1, 0.15) is 38.2 Å². The van der Waals surface area contributed by atoms with Gasteiger partial charge in [0.05, 0.1) is 5.54 Å². The first-order chi connectivity index (χ1) is 9.19. The van der Waals surface area contributed by atoms with Crippen molar-refractivity contribution in [1.29, 1.82) is 0 Å². The zero-order valence-corrected chi connectivity index (χ0v) is 12.2. The van der Waals surface area contributed by atoms with E-state index in [0.717, 1.165) is 24.9 Å². The summed E-state index contributed by atoms with van der Waals surface area (Å²) in [6.07, 6.45) is 5.51. The van der Waals surface area contributed by atoms with E-state index in [1.807, 2.05) is 0 Å². The molecule has 2 aliphatic rings. The number of hydrogen-bond acceptors (Lipinski definition) is 2. The van der Waals surface area contributed by atoms with Crippen LogP contribution in [-0.4, -0.2) is 18.6 Å². The van der Waals surface area contributed by atoms with Gasteiger partial charge in [-0.15, -0.1) is 0 Å². The lowest BCUT2D eigenvalue weighted by Gasteiger charge is -2.47. The Balaban J connectivity index is 1.97. The summed E-state index contributed by atoms with van der Waals surface area (Å²) >= 11 is 0. The highest BCUT2D eigenvalue weighted by Gasteiger charge is 2.53. The predicted molar refractivity (Wildman–Crippen MR) is 81.4 cm³/mol. The van der Waals surface area contributed by atoms with Crippen LogP contribution >= 0.6 is 0 Å². The lowest BCUT2D eigenvalue weighted by atomic mass is 9.79. The Morgan fingerprint density at radius 1 is 1.37 bits per heavy atom. The fourth-order valence-corrected chi connectivity index (χ4v) is 4.66. The molecule has 2 fully saturated rings. The van der Waals surface area contributed by atoms with E-state index >= 15 is 0 Å². The van der Waals surface area contributed by atoms with Crippen molar-refractivity contribution >= 4 is 5.69 Å². The van der Waals surface area contributed by atoms with Gasteiger partial charge in [-0.2, -0.15) is 0 Å². The van der Waals surface area contributed by atoms with Crippen LogP contribution in [0, 0.1) is 18.8 Å². The van der Waals surface area contributed by atoms with Crippen molar-refractivity contribution in [2.75, 3.05) is 18.0 Å². The summed E-state index contributed by atoms with van der Waals surface area (Å²) < 4.78 is 0. The summed E-state index contributed by atoms with van der Waals surface area (Å²) in [5.74, 6) is 1.73. The first kappa shape index (κ1) is 13.0. The molecule has 0 spiro atoms. The molecule has 0 aliphatic heterocycles. The Morgan fingerprint density at radius 3 is 2.74 bits per heavy atom. The van der Waals surface area contributed by atoms with Gasteiger partial charge in [0, 0.05) is 18.8 Å². The molecule has 3 unspecified atom stereocenters. The highest BCUT2D eigenvalue weighted by atomic mass is 15.2. The number of nitrogens with zero attached hydrogens (tertiary/aromatic N) is 1. The molecule has 2 bridgehead atoms. The fraction of sp³-hybridized carbons (Fsp3) is 0.647. The van der Waals surface area contributed by atoms with Crippen LogP contribution in [0.5, 0.6) is 0 Å². The first-order valence-electron chi connectivity index (χ1n) is 7.74. The van der Waals surface area contributed by atoms with Crippen LogP contribution < -0.4 is 10.6 Å². The molecular formula is C17H26N2. The van der Waals surface area contributed by atoms with Crippen molar-refractivity contribution in [3.8, 4) is 0 Å². The molecule has 0 aromatic heterocycles.